The van der Waals surface area contributed by atoms with E-state index in [1.807, 2.05) is 48.5 Å². The minimum atomic E-state index is 0.472. The predicted octanol–water partition coefficient (Wildman–Crippen LogP) is 14.4. The molecule has 4 heterocycles. The van der Waals surface area contributed by atoms with E-state index in [2.05, 4.69) is 165 Å². The van der Waals surface area contributed by atoms with E-state index in [-0.39, 0.29) is 0 Å². The summed E-state index contributed by atoms with van der Waals surface area (Å²) < 4.78 is 6.90. The van der Waals surface area contributed by atoms with Gasteiger partial charge in [0, 0.05) is 60.4 Å². The maximum Gasteiger partial charge on any atom is 0.160 e. The largest absolute Gasteiger partial charge is 0.309 e. The Balaban J connectivity index is 1.03. The van der Waals surface area contributed by atoms with E-state index in [4.69, 9.17) is 9.97 Å². The first-order valence-electron chi connectivity index (χ1n) is 22.6. The van der Waals surface area contributed by atoms with Crippen molar-refractivity contribution >= 4 is 65.4 Å². The summed E-state index contributed by atoms with van der Waals surface area (Å²) in [4.78, 5) is 9.99. The molecule has 0 aliphatic rings. The fourth-order valence-electron chi connectivity index (χ4n) is 10.2. The second-order valence-corrected chi connectivity index (χ2v) is 17.2. The van der Waals surface area contributed by atoms with E-state index in [0.717, 1.165) is 77.6 Å². The molecule has 8 heteroatoms. The van der Waals surface area contributed by atoms with Crippen molar-refractivity contribution < 1.29 is 0 Å². The molecule has 0 saturated heterocycles. The fourth-order valence-corrected chi connectivity index (χ4v) is 10.2. The van der Waals surface area contributed by atoms with Gasteiger partial charge in [0.25, 0.3) is 0 Å². The monoisotopic (exact) mass is 878 g/mol. The molecule has 0 atom stereocenters. The van der Waals surface area contributed by atoms with E-state index in [1.165, 1.54) is 21.5 Å². The summed E-state index contributed by atoms with van der Waals surface area (Å²) in [6.45, 7) is 0. The second-order valence-electron chi connectivity index (χ2n) is 17.2. The molecular formula is C61H34N8. The Kier molecular flexibility index (Phi) is 8.85. The third-order valence-electron chi connectivity index (χ3n) is 13.4. The van der Waals surface area contributed by atoms with Crippen molar-refractivity contribution in [3.8, 4) is 69.2 Å². The van der Waals surface area contributed by atoms with Crippen molar-refractivity contribution in [2.24, 2.45) is 0 Å². The molecule has 0 N–H and O–H groups in total. The number of nitriles is 3. The highest BCUT2D eigenvalue weighted by Gasteiger charge is 2.21. The fraction of sp³-hybridized carbons (Fsp3) is 0. The Hall–Kier alpha value is -10.1. The first-order valence-corrected chi connectivity index (χ1v) is 22.6. The highest BCUT2D eigenvalue weighted by atomic mass is 15.0. The van der Waals surface area contributed by atoms with Crippen LogP contribution in [0.3, 0.4) is 0 Å². The van der Waals surface area contributed by atoms with Crippen LogP contribution in [0.2, 0.25) is 0 Å². The van der Waals surface area contributed by atoms with Gasteiger partial charge in [0.05, 0.1) is 79.0 Å². The standard InChI is InChI=1S/C61H34N8/c62-35-38-17-21-40(22-18-38)52-34-53(66-61(65-52)41-23-19-39(36-63)20-24-41)42-25-28-54(43(31-42)37-64)69-59-29-26-44(67-55-13-5-1-9-46(55)47-10-2-6-14-56(47)67)32-50(59)51-33-45(27-30-60(51)69)68-57-15-7-3-11-48(57)49-12-4-8-16-58(49)68/h1-34H. The Morgan fingerprint density at radius 3 is 1.17 bits per heavy atom. The van der Waals surface area contributed by atoms with Gasteiger partial charge < -0.3 is 13.7 Å². The lowest BCUT2D eigenvalue weighted by atomic mass is 10.0. The third-order valence-corrected chi connectivity index (χ3v) is 13.4. The van der Waals surface area contributed by atoms with Crippen LogP contribution in [-0.4, -0.2) is 23.7 Å². The molecule has 8 nitrogen and oxygen atoms in total. The van der Waals surface area contributed by atoms with Crippen LogP contribution in [0.4, 0.5) is 0 Å². The first-order chi connectivity index (χ1) is 34.1. The molecule has 69 heavy (non-hydrogen) atoms. The lowest BCUT2D eigenvalue weighted by Gasteiger charge is -2.14. The molecule has 4 aromatic heterocycles. The lowest BCUT2D eigenvalue weighted by Crippen LogP contribution is -2.00. The maximum atomic E-state index is 11.1. The minimum absolute atomic E-state index is 0.472. The number of para-hydroxylation sites is 4. The van der Waals surface area contributed by atoms with Crippen LogP contribution in [0.5, 0.6) is 0 Å². The molecular weight excluding hydrogens is 845 g/mol. The van der Waals surface area contributed by atoms with Gasteiger partial charge in [0.2, 0.25) is 0 Å². The Bertz CT molecular complexity index is 4040. The molecule has 0 fully saturated rings. The molecule has 318 valence electrons. The average Bonchev–Trinajstić information content (AvgIpc) is 4.06. The normalized spacial score (nSPS) is 11.4. The van der Waals surface area contributed by atoms with E-state index in [0.29, 0.717) is 33.9 Å². The Morgan fingerprint density at radius 2 is 0.725 bits per heavy atom. The summed E-state index contributed by atoms with van der Waals surface area (Å²) in [6, 6.07) is 76.8. The van der Waals surface area contributed by atoms with Crippen molar-refractivity contribution in [2.75, 3.05) is 0 Å². The summed E-state index contributed by atoms with van der Waals surface area (Å²) in [7, 11) is 0. The van der Waals surface area contributed by atoms with Crippen molar-refractivity contribution in [3.05, 3.63) is 223 Å². The van der Waals surface area contributed by atoms with Crippen molar-refractivity contribution in [2.45, 2.75) is 0 Å². The zero-order chi connectivity index (χ0) is 46.2. The van der Waals surface area contributed by atoms with Gasteiger partial charge in [0.1, 0.15) is 6.07 Å². The van der Waals surface area contributed by atoms with Crippen molar-refractivity contribution in [1.29, 1.82) is 15.8 Å². The van der Waals surface area contributed by atoms with E-state index >= 15 is 0 Å². The topological polar surface area (TPSA) is 112 Å². The summed E-state index contributed by atoms with van der Waals surface area (Å²) in [5.74, 6) is 0.472. The van der Waals surface area contributed by atoms with Gasteiger partial charge in [-0.25, -0.2) is 9.97 Å². The number of hydrogen-bond donors (Lipinski definition) is 0. The molecule has 0 saturated carbocycles. The number of fused-ring (bicyclic) bond motifs is 9. The van der Waals surface area contributed by atoms with Gasteiger partial charge >= 0.3 is 0 Å². The maximum absolute atomic E-state index is 11.1. The molecule has 0 spiro atoms. The van der Waals surface area contributed by atoms with Gasteiger partial charge in [-0.15, -0.1) is 0 Å². The zero-order valence-electron chi connectivity index (χ0n) is 36.7. The van der Waals surface area contributed by atoms with E-state index in [1.54, 1.807) is 24.3 Å². The summed E-state index contributed by atoms with van der Waals surface area (Å²) in [5.41, 5.74) is 14.4. The third kappa shape index (κ3) is 6.20. The number of rotatable bonds is 6. The molecule has 13 aromatic rings. The van der Waals surface area contributed by atoms with Crippen molar-refractivity contribution in [3.63, 3.8) is 0 Å². The average molecular weight is 879 g/mol. The number of benzene rings is 9. The molecule has 9 aromatic carbocycles. The van der Waals surface area contributed by atoms with E-state index < -0.39 is 0 Å². The molecule has 0 amide bonds. The summed E-state index contributed by atoms with van der Waals surface area (Å²) >= 11 is 0. The van der Waals surface area contributed by atoms with Crippen LogP contribution in [-0.2, 0) is 0 Å². The van der Waals surface area contributed by atoms with Crippen LogP contribution in [0.25, 0.3) is 116 Å². The van der Waals surface area contributed by atoms with Crippen LogP contribution in [0.15, 0.2) is 206 Å². The van der Waals surface area contributed by atoms with Gasteiger partial charge in [0.15, 0.2) is 5.82 Å². The second kappa shape index (κ2) is 15.5. The minimum Gasteiger partial charge on any atom is -0.309 e. The Labute approximate surface area is 395 Å². The van der Waals surface area contributed by atoms with Gasteiger partial charge in [-0.3, -0.25) is 0 Å². The number of nitrogens with zero attached hydrogens (tertiary/aromatic N) is 8. The molecule has 0 bridgehead atoms. The van der Waals surface area contributed by atoms with Crippen LogP contribution in [0, 0.1) is 34.0 Å². The lowest BCUT2D eigenvalue weighted by molar-refractivity contribution is 1.15. The smallest absolute Gasteiger partial charge is 0.160 e. The van der Waals surface area contributed by atoms with Crippen molar-refractivity contribution in [1.82, 2.24) is 23.7 Å². The van der Waals surface area contributed by atoms with Gasteiger partial charge in [-0.05, 0) is 115 Å². The van der Waals surface area contributed by atoms with E-state index in [9.17, 15) is 15.8 Å². The molecule has 0 aliphatic heterocycles. The predicted molar refractivity (Wildman–Crippen MR) is 276 cm³/mol. The van der Waals surface area contributed by atoms with Crippen LogP contribution < -0.4 is 0 Å². The highest BCUT2D eigenvalue weighted by Crippen LogP contribution is 2.41. The SMILES string of the molecule is N#Cc1ccc(-c2cc(-c3ccc(-n4c5ccc(-n6c7ccccc7c7ccccc76)cc5c5cc(-n6c7ccccc7c7ccccc76)ccc54)c(C#N)c3)nc(-c3ccc(C#N)cc3)n2)cc1. The van der Waals surface area contributed by atoms with Crippen LogP contribution in [0.1, 0.15) is 16.7 Å². The summed E-state index contributed by atoms with van der Waals surface area (Å²) in [6.07, 6.45) is 0. The quantitative estimate of drug-likeness (QED) is 0.165. The molecule has 13 rings (SSSR count). The van der Waals surface area contributed by atoms with Gasteiger partial charge in [-0.2, -0.15) is 15.8 Å². The number of hydrogen-bond acceptors (Lipinski definition) is 5. The zero-order valence-corrected chi connectivity index (χ0v) is 36.7. The molecule has 0 radical (unpaired) electrons. The molecule has 0 unspecified atom stereocenters. The molecule has 0 aliphatic carbocycles. The first kappa shape index (κ1) is 39.3. The Morgan fingerprint density at radius 1 is 0.319 bits per heavy atom. The summed E-state index contributed by atoms with van der Waals surface area (Å²) in [5, 5.41) is 36.9. The van der Waals surface area contributed by atoms with Gasteiger partial charge in [-0.1, -0.05) is 91.0 Å². The highest BCUT2D eigenvalue weighted by molar-refractivity contribution is 6.14. The number of aromatic nitrogens is 5. The van der Waals surface area contributed by atoms with Crippen LogP contribution >= 0.6 is 0 Å².